The van der Waals surface area contributed by atoms with Gasteiger partial charge in [0.1, 0.15) is 5.60 Å². The van der Waals surface area contributed by atoms with E-state index in [-0.39, 0.29) is 18.0 Å². The van der Waals surface area contributed by atoms with Crippen molar-refractivity contribution in [2.24, 2.45) is 0 Å². The summed E-state index contributed by atoms with van der Waals surface area (Å²) in [7, 11) is 0. The van der Waals surface area contributed by atoms with E-state index in [1.54, 1.807) is 32.9 Å². The molecule has 2 atom stereocenters. The summed E-state index contributed by atoms with van der Waals surface area (Å²) in [6.07, 6.45) is -0.590. The zero-order valence-electron chi connectivity index (χ0n) is 14.9. The Balaban J connectivity index is 1.74. The maximum atomic E-state index is 12.2. The fourth-order valence-corrected chi connectivity index (χ4v) is 4.15. The van der Waals surface area contributed by atoms with Gasteiger partial charge in [0.15, 0.2) is 0 Å². The second-order valence-corrected chi connectivity index (χ2v) is 8.49. The van der Waals surface area contributed by atoms with E-state index in [0.717, 1.165) is 15.2 Å². The van der Waals surface area contributed by atoms with Crippen LogP contribution in [0.15, 0.2) is 18.2 Å². The average molecular weight is 378 g/mol. The number of thiazole rings is 1. The number of fused-ring (bicyclic) bond motifs is 1. The number of carbonyl (C=O) groups excluding carboxylic acids is 1. The summed E-state index contributed by atoms with van der Waals surface area (Å²) in [6, 6.07) is 4.80. The van der Waals surface area contributed by atoms with Crippen LogP contribution in [0.5, 0.6) is 0 Å². The number of aliphatic hydroxyl groups excluding tert-OH is 1. The third-order valence-corrected chi connectivity index (χ3v) is 5.35. The van der Waals surface area contributed by atoms with E-state index < -0.39 is 23.8 Å². The lowest BCUT2D eigenvalue weighted by molar-refractivity contribution is -0.00152. The van der Waals surface area contributed by atoms with Gasteiger partial charge in [0.05, 0.1) is 33.4 Å². The van der Waals surface area contributed by atoms with Crippen molar-refractivity contribution < 1.29 is 24.5 Å². The van der Waals surface area contributed by atoms with Gasteiger partial charge in [-0.2, -0.15) is 0 Å². The molecule has 1 fully saturated rings. The Morgan fingerprint density at radius 3 is 2.69 bits per heavy atom. The van der Waals surface area contributed by atoms with Crippen LogP contribution in [0.1, 0.15) is 48.5 Å². The number of nitrogens with zero attached hydrogens (tertiary/aromatic N) is 2. The van der Waals surface area contributed by atoms with Crippen LogP contribution in [0, 0.1) is 0 Å². The van der Waals surface area contributed by atoms with E-state index in [9.17, 15) is 14.7 Å². The molecule has 2 N–H and O–H groups in total. The summed E-state index contributed by atoms with van der Waals surface area (Å²) in [5.74, 6) is -1.16. The summed E-state index contributed by atoms with van der Waals surface area (Å²) in [6.45, 7) is 6.09. The molecule has 0 aliphatic carbocycles. The first-order chi connectivity index (χ1) is 12.1. The van der Waals surface area contributed by atoms with Crippen LogP contribution in [-0.4, -0.2) is 57.0 Å². The van der Waals surface area contributed by atoms with Crippen LogP contribution < -0.4 is 0 Å². The number of carbonyl (C=O) groups is 2. The maximum Gasteiger partial charge on any atom is 0.410 e. The van der Waals surface area contributed by atoms with E-state index in [2.05, 4.69) is 4.98 Å². The summed E-state index contributed by atoms with van der Waals surface area (Å²) in [5.41, 5.74) is 0.359. The van der Waals surface area contributed by atoms with Gasteiger partial charge in [0, 0.05) is 12.5 Å². The predicted octanol–water partition coefficient (Wildman–Crippen LogP) is 3.08. The Bertz CT molecular complexity index is 842. The zero-order valence-corrected chi connectivity index (χ0v) is 15.7. The number of carboxylic acid groups (broad SMARTS) is 1. The van der Waals surface area contributed by atoms with Crippen molar-refractivity contribution in [1.82, 2.24) is 9.88 Å². The first kappa shape index (κ1) is 18.6. The molecule has 1 aliphatic rings. The Morgan fingerprint density at radius 1 is 1.35 bits per heavy atom. The van der Waals surface area contributed by atoms with E-state index in [4.69, 9.17) is 9.84 Å². The summed E-state index contributed by atoms with van der Waals surface area (Å²) >= 11 is 1.39. The van der Waals surface area contributed by atoms with Crippen molar-refractivity contribution >= 4 is 33.6 Å². The number of hydrogen-bond donors (Lipinski definition) is 2. The molecule has 0 radical (unpaired) electrons. The molecule has 1 amide bonds. The molecule has 1 saturated heterocycles. The van der Waals surface area contributed by atoms with Crippen molar-refractivity contribution in [2.45, 2.75) is 44.8 Å². The molecule has 2 unspecified atom stereocenters. The van der Waals surface area contributed by atoms with Crippen molar-refractivity contribution in [3.8, 4) is 0 Å². The van der Waals surface area contributed by atoms with Gasteiger partial charge in [-0.25, -0.2) is 14.6 Å². The molecular weight excluding hydrogens is 356 g/mol. The zero-order chi connectivity index (χ0) is 19.1. The van der Waals surface area contributed by atoms with Gasteiger partial charge < -0.3 is 19.8 Å². The van der Waals surface area contributed by atoms with Crippen LogP contribution in [0.3, 0.4) is 0 Å². The highest BCUT2D eigenvalue weighted by Crippen LogP contribution is 2.34. The van der Waals surface area contributed by atoms with Crippen LogP contribution in [0.2, 0.25) is 0 Å². The molecule has 1 aromatic carbocycles. The molecule has 2 aromatic rings. The number of likely N-dealkylation sites (tertiary alicyclic amines) is 1. The van der Waals surface area contributed by atoms with Crippen LogP contribution in [-0.2, 0) is 4.74 Å². The molecule has 1 aromatic heterocycles. The minimum Gasteiger partial charge on any atom is -0.478 e. The van der Waals surface area contributed by atoms with Gasteiger partial charge >= 0.3 is 12.1 Å². The highest BCUT2D eigenvalue weighted by Gasteiger charge is 2.34. The first-order valence-electron chi connectivity index (χ1n) is 8.44. The molecule has 0 bridgehead atoms. The smallest absolute Gasteiger partial charge is 0.410 e. The summed E-state index contributed by atoms with van der Waals surface area (Å²) in [5, 5.41) is 20.4. The normalized spacial score (nSPS) is 21.0. The third-order valence-electron chi connectivity index (χ3n) is 4.20. The predicted molar refractivity (Wildman–Crippen MR) is 97.8 cm³/mol. The number of rotatable bonds is 2. The number of aromatic nitrogens is 1. The van der Waals surface area contributed by atoms with Crippen molar-refractivity contribution in [2.75, 3.05) is 13.1 Å². The van der Waals surface area contributed by atoms with Gasteiger partial charge in [-0.3, -0.25) is 0 Å². The molecule has 0 saturated carbocycles. The van der Waals surface area contributed by atoms with Crippen LogP contribution in [0.4, 0.5) is 4.79 Å². The molecular formula is C18H22N2O5S. The fourth-order valence-electron chi connectivity index (χ4n) is 2.95. The Labute approximate surface area is 155 Å². The van der Waals surface area contributed by atoms with Gasteiger partial charge in [0.2, 0.25) is 0 Å². The molecule has 8 heteroatoms. The molecule has 140 valence electrons. The Hall–Kier alpha value is -2.19. The number of piperidine rings is 1. The quantitative estimate of drug-likeness (QED) is 0.833. The third kappa shape index (κ3) is 3.96. The van der Waals surface area contributed by atoms with E-state index in [1.807, 2.05) is 0 Å². The van der Waals surface area contributed by atoms with Crippen LogP contribution in [0.25, 0.3) is 10.2 Å². The van der Waals surface area contributed by atoms with Crippen molar-refractivity contribution in [3.05, 3.63) is 28.8 Å². The number of β-amino-alcohol motifs (C(OH)–C–C–N with tert-alkyl or cyclic N) is 1. The minimum absolute atomic E-state index is 0.181. The molecule has 0 spiro atoms. The SMILES string of the molecule is CC(C)(C)OC(=O)N1CCC(c2nc3ccc(C(=O)O)cc3s2)C(O)C1. The Morgan fingerprint density at radius 2 is 2.08 bits per heavy atom. The average Bonchev–Trinajstić information content (AvgIpc) is 2.95. The standard InChI is InChI=1S/C18H22N2O5S/c1-18(2,3)25-17(24)20-7-6-11(13(21)9-20)15-19-12-5-4-10(16(22)23)8-14(12)26-15/h4-5,8,11,13,21H,6-7,9H2,1-3H3,(H,22,23). The monoisotopic (exact) mass is 378 g/mol. The molecule has 1 aliphatic heterocycles. The molecule has 7 nitrogen and oxygen atoms in total. The lowest BCUT2D eigenvalue weighted by atomic mass is 9.95. The lowest BCUT2D eigenvalue weighted by Crippen LogP contribution is -2.47. The fraction of sp³-hybridized carbons (Fsp3) is 0.500. The van der Waals surface area contributed by atoms with E-state index in [1.165, 1.54) is 22.3 Å². The number of ether oxygens (including phenoxy) is 1. The topological polar surface area (TPSA) is 100.0 Å². The second-order valence-electron chi connectivity index (χ2n) is 7.43. The van der Waals surface area contributed by atoms with Gasteiger partial charge in [-0.1, -0.05) is 0 Å². The van der Waals surface area contributed by atoms with E-state index in [0.29, 0.717) is 13.0 Å². The van der Waals surface area contributed by atoms with Crippen molar-refractivity contribution in [3.63, 3.8) is 0 Å². The highest BCUT2D eigenvalue weighted by atomic mass is 32.1. The second kappa shape index (κ2) is 6.85. The number of aromatic carboxylic acids is 1. The molecule has 26 heavy (non-hydrogen) atoms. The van der Waals surface area contributed by atoms with Crippen LogP contribution >= 0.6 is 11.3 Å². The highest BCUT2D eigenvalue weighted by molar-refractivity contribution is 7.18. The number of carboxylic acids is 1. The largest absolute Gasteiger partial charge is 0.478 e. The first-order valence-corrected chi connectivity index (χ1v) is 9.25. The number of amides is 1. The van der Waals surface area contributed by atoms with Gasteiger partial charge in [-0.15, -0.1) is 11.3 Å². The Kier molecular flexibility index (Phi) is 4.90. The number of aliphatic hydroxyl groups is 1. The van der Waals surface area contributed by atoms with Gasteiger partial charge in [-0.05, 0) is 45.4 Å². The van der Waals surface area contributed by atoms with Crippen molar-refractivity contribution in [1.29, 1.82) is 0 Å². The maximum absolute atomic E-state index is 12.2. The number of hydrogen-bond acceptors (Lipinski definition) is 6. The molecule has 2 heterocycles. The summed E-state index contributed by atoms with van der Waals surface area (Å²) < 4.78 is 6.14. The van der Waals surface area contributed by atoms with Gasteiger partial charge in [0.25, 0.3) is 0 Å². The minimum atomic E-state index is -0.979. The van der Waals surface area contributed by atoms with E-state index >= 15 is 0 Å². The lowest BCUT2D eigenvalue weighted by Gasteiger charge is -2.35. The number of benzene rings is 1. The molecule has 3 rings (SSSR count). The summed E-state index contributed by atoms with van der Waals surface area (Å²) in [4.78, 5) is 29.3.